The van der Waals surface area contributed by atoms with Crippen LogP contribution in [0.25, 0.3) is 0 Å². The Morgan fingerprint density at radius 3 is 2.43 bits per heavy atom. The Morgan fingerprint density at radius 1 is 1.05 bits per heavy atom. The lowest BCUT2D eigenvalue weighted by Gasteiger charge is -2.20. The minimum Gasteiger partial charge on any atom is -0.308 e. The molecule has 1 unspecified atom stereocenters. The van der Waals surface area contributed by atoms with Gasteiger partial charge in [0.25, 0.3) is 0 Å². The van der Waals surface area contributed by atoms with Crippen molar-refractivity contribution in [3.05, 3.63) is 70.2 Å². The van der Waals surface area contributed by atoms with Crippen LogP contribution >= 0.6 is 11.6 Å². The molecule has 2 atom stereocenters. The Labute approximate surface area is 133 Å². The number of hydrogen-bond acceptors (Lipinski definition) is 1. The summed E-state index contributed by atoms with van der Waals surface area (Å²) in [5.74, 6) is 0. The first kappa shape index (κ1) is 16.1. The molecule has 2 aromatic carbocycles. The van der Waals surface area contributed by atoms with E-state index in [0.29, 0.717) is 12.1 Å². The van der Waals surface area contributed by atoms with Crippen LogP contribution in [0.1, 0.15) is 43.0 Å². The third kappa shape index (κ3) is 5.18. The van der Waals surface area contributed by atoms with E-state index < -0.39 is 0 Å². The van der Waals surface area contributed by atoms with Gasteiger partial charge < -0.3 is 5.32 Å². The van der Waals surface area contributed by atoms with E-state index in [1.54, 1.807) is 0 Å². The van der Waals surface area contributed by atoms with Gasteiger partial charge in [-0.3, -0.25) is 0 Å². The molecule has 2 aromatic rings. The van der Waals surface area contributed by atoms with Crippen LogP contribution in [-0.4, -0.2) is 6.04 Å². The zero-order valence-corrected chi connectivity index (χ0v) is 13.8. The van der Waals surface area contributed by atoms with Gasteiger partial charge in [-0.2, -0.15) is 0 Å². The lowest BCUT2D eigenvalue weighted by molar-refractivity contribution is 0.456. The molecule has 0 saturated heterocycles. The number of rotatable bonds is 6. The van der Waals surface area contributed by atoms with E-state index in [9.17, 15) is 0 Å². The van der Waals surface area contributed by atoms with E-state index in [-0.39, 0.29) is 0 Å². The molecule has 2 rings (SSSR count). The quantitative estimate of drug-likeness (QED) is 0.761. The second-order valence-electron chi connectivity index (χ2n) is 5.87. The van der Waals surface area contributed by atoms with E-state index in [2.05, 4.69) is 62.5 Å². The fraction of sp³-hybridized carbons (Fsp3) is 0.368. The molecule has 112 valence electrons. The minimum atomic E-state index is 0.342. The Morgan fingerprint density at radius 2 is 1.76 bits per heavy atom. The highest BCUT2D eigenvalue weighted by molar-refractivity contribution is 6.30. The summed E-state index contributed by atoms with van der Waals surface area (Å²) in [5, 5.41) is 4.45. The third-order valence-corrected chi connectivity index (χ3v) is 4.11. The lowest BCUT2D eigenvalue weighted by atomic mass is 10.0. The van der Waals surface area contributed by atoms with Gasteiger partial charge in [0.05, 0.1) is 0 Å². The van der Waals surface area contributed by atoms with Crippen LogP contribution < -0.4 is 5.32 Å². The average Bonchev–Trinajstić information content (AvgIpc) is 2.46. The average molecular weight is 302 g/mol. The van der Waals surface area contributed by atoms with Gasteiger partial charge in [-0.1, -0.05) is 53.6 Å². The monoisotopic (exact) mass is 301 g/mol. The molecule has 0 aromatic heterocycles. The van der Waals surface area contributed by atoms with Crippen molar-refractivity contribution in [2.24, 2.45) is 0 Å². The van der Waals surface area contributed by atoms with E-state index in [1.807, 2.05) is 12.1 Å². The SMILES string of the molecule is Cc1cccc(CCC(C)N[C@@H](C)c2ccc(Cl)cc2)c1. The molecule has 0 aliphatic heterocycles. The highest BCUT2D eigenvalue weighted by Gasteiger charge is 2.09. The van der Waals surface area contributed by atoms with E-state index in [1.165, 1.54) is 16.7 Å². The standard InChI is InChI=1S/C19H24ClN/c1-14-5-4-6-17(13-14)8-7-15(2)21-16(3)18-9-11-19(20)12-10-18/h4-6,9-13,15-16,21H,7-8H2,1-3H3/t15?,16-/m0/s1. The highest BCUT2D eigenvalue weighted by atomic mass is 35.5. The minimum absolute atomic E-state index is 0.342. The molecule has 0 aliphatic carbocycles. The summed E-state index contributed by atoms with van der Waals surface area (Å²) >= 11 is 5.93. The Bertz CT molecular complexity index is 562. The molecule has 0 spiro atoms. The van der Waals surface area contributed by atoms with Gasteiger partial charge in [0.15, 0.2) is 0 Å². The molecule has 0 radical (unpaired) electrons. The molecule has 0 aliphatic rings. The van der Waals surface area contributed by atoms with Crippen molar-refractivity contribution >= 4 is 11.6 Å². The number of halogens is 1. The van der Waals surface area contributed by atoms with Crippen molar-refractivity contribution < 1.29 is 0 Å². The number of benzene rings is 2. The molecule has 2 heteroatoms. The summed E-state index contributed by atoms with van der Waals surface area (Å²) in [4.78, 5) is 0. The zero-order valence-electron chi connectivity index (χ0n) is 13.1. The third-order valence-electron chi connectivity index (χ3n) is 3.85. The van der Waals surface area contributed by atoms with Crippen molar-refractivity contribution in [3.63, 3.8) is 0 Å². The summed E-state index contributed by atoms with van der Waals surface area (Å²) in [6.07, 6.45) is 2.25. The van der Waals surface area contributed by atoms with E-state index in [0.717, 1.165) is 17.9 Å². The van der Waals surface area contributed by atoms with Crippen LogP contribution in [0.4, 0.5) is 0 Å². The van der Waals surface area contributed by atoms with Crippen LogP contribution in [0.15, 0.2) is 48.5 Å². The molecule has 1 N–H and O–H groups in total. The van der Waals surface area contributed by atoms with Crippen LogP contribution in [-0.2, 0) is 6.42 Å². The Hall–Kier alpha value is -1.31. The predicted octanol–water partition coefficient (Wildman–Crippen LogP) is 5.32. The zero-order chi connectivity index (χ0) is 15.2. The first-order chi connectivity index (χ1) is 10.0. The topological polar surface area (TPSA) is 12.0 Å². The summed E-state index contributed by atoms with van der Waals surface area (Å²) in [6, 6.07) is 17.7. The van der Waals surface area contributed by atoms with Crippen molar-refractivity contribution in [2.75, 3.05) is 0 Å². The van der Waals surface area contributed by atoms with Gasteiger partial charge in [-0.25, -0.2) is 0 Å². The van der Waals surface area contributed by atoms with Crippen molar-refractivity contribution in [2.45, 2.75) is 45.7 Å². The lowest BCUT2D eigenvalue weighted by Crippen LogP contribution is -2.29. The molecular weight excluding hydrogens is 278 g/mol. The molecule has 21 heavy (non-hydrogen) atoms. The van der Waals surface area contributed by atoms with Gasteiger partial charge >= 0.3 is 0 Å². The second-order valence-corrected chi connectivity index (χ2v) is 6.31. The molecular formula is C19H24ClN. The van der Waals surface area contributed by atoms with Crippen molar-refractivity contribution in [1.29, 1.82) is 0 Å². The largest absolute Gasteiger partial charge is 0.308 e. The molecule has 0 heterocycles. The van der Waals surface area contributed by atoms with Crippen LogP contribution in [0.2, 0.25) is 5.02 Å². The smallest absolute Gasteiger partial charge is 0.0406 e. The van der Waals surface area contributed by atoms with Crippen LogP contribution in [0, 0.1) is 6.92 Å². The number of hydrogen-bond donors (Lipinski definition) is 1. The highest BCUT2D eigenvalue weighted by Crippen LogP contribution is 2.17. The first-order valence-corrected chi connectivity index (χ1v) is 7.99. The summed E-state index contributed by atoms with van der Waals surface area (Å²) < 4.78 is 0. The van der Waals surface area contributed by atoms with Gasteiger partial charge in [0.1, 0.15) is 0 Å². The maximum Gasteiger partial charge on any atom is 0.0406 e. The predicted molar refractivity (Wildman–Crippen MR) is 92.0 cm³/mol. The van der Waals surface area contributed by atoms with E-state index >= 15 is 0 Å². The number of aryl methyl sites for hydroxylation is 2. The first-order valence-electron chi connectivity index (χ1n) is 7.61. The molecule has 1 nitrogen and oxygen atoms in total. The summed E-state index contributed by atoms with van der Waals surface area (Å²) in [7, 11) is 0. The van der Waals surface area contributed by atoms with Gasteiger partial charge in [-0.15, -0.1) is 0 Å². The summed E-state index contributed by atoms with van der Waals surface area (Å²) in [6.45, 7) is 6.60. The Balaban J connectivity index is 1.83. The van der Waals surface area contributed by atoms with E-state index in [4.69, 9.17) is 11.6 Å². The van der Waals surface area contributed by atoms with Crippen LogP contribution in [0.3, 0.4) is 0 Å². The fourth-order valence-corrected chi connectivity index (χ4v) is 2.73. The molecule has 0 saturated carbocycles. The Kier molecular flexibility index (Phi) is 5.84. The van der Waals surface area contributed by atoms with Crippen LogP contribution in [0.5, 0.6) is 0 Å². The molecule has 0 bridgehead atoms. The second kappa shape index (κ2) is 7.63. The number of nitrogens with one attached hydrogen (secondary N) is 1. The summed E-state index contributed by atoms with van der Waals surface area (Å²) in [5.41, 5.74) is 4.03. The molecule has 0 amide bonds. The van der Waals surface area contributed by atoms with Gasteiger partial charge in [0.2, 0.25) is 0 Å². The van der Waals surface area contributed by atoms with Gasteiger partial charge in [0, 0.05) is 17.1 Å². The maximum absolute atomic E-state index is 5.93. The molecule has 0 fully saturated rings. The maximum atomic E-state index is 5.93. The van der Waals surface area contributed by atoms with Crippen molar-refractivity contribution in [1.82, 2.24) is 5.32 Å². The van der Waals surface area contributed by atoms with Crippen molar-refractivity contribution in [3.8, 4) is 0 Å². The normalized spacial score (nSPS) is 13.9. The fourth-order valence-electron chi connectivity index (χ4n) is 2.61. The van der Waals surface area contributed by atoms with Gasteiger partial charge in [-0.05, 0) is 56.9 Å².